The lowest BCUT2D eigenvalue weighted by atomic mass is 10.1. The average molecular weight is 408 g/mol. The average Bonchev–Trinajstić information content (AvgIpc) is 2.63. The van der Waals surface area contributed by atoms with Crippen molar-refractivity contribution in [3.63, 3.8) is 0 Å². The maximum Gasteiger partial charge on any atom is 0.248 e. The minimum Gasteiger partial charge on any atom is -0.493 e. The van der Waals surface area contributed by atoms with Gasteiger partial charge in [-0.05, 0) is 54.3 Å². The number of carbonyl (C=O) groups excluding carboxylic acids is 1. The normalized spacial score (nSPS) is 11.0. The second-order valence-corrected chi connectivity index (χ2v) is 7.21. The van der Waals surface area contributed by atoms with Gasteiger partial charge < -0.3 is 14.8 Å². The lowest BCUT2D eigenvalue weighted by Gasteiger charge is -2.12. The third-order valence-electron chi connectivity index (χ3n) is 3.75. The number of benzene rings is 2. The second kappa shape index (κ2) is 10.2. The molecule has 0 aliphatic rings. The summed E-state index contributed by atoms with van der Waals surface area (Å²) in [5.74, 6) is 1.62. The van der Waals surface area contributed by atoms with Crippen LogP contribution in [0.5, 0.6) is 11.5 Å². The maximum absolute atomic E-state index is 12.1. The van der Waals surface area contributed by atoms with Crippen LogP contribution >= 0.6 is 23.2 Å². The van der Waals surface area contributed by atoms with Crippen LogP contribution in [0, 0.1) is 5.92 Å². The molecule has 0 spiro atoms. The van der Waals surface area contributed by atoms with Gasteiger partial charge in [0, 0.05) is 11.8 Å². The van der Waals surface area contributed by atoms with Crippen LogP contribution in [0.25, 0.3) is 6.08 Å². The van der Waals surface area contributed by atoms with Crippen molar-refractivity contribution in [2.45, 2.75) is 20.3 Å². The minimum absolute atomic E-state index is 0.274. The van der Waals surface area contributed by atoms with E-state index in [1.54, 1.807) is 31.4 Å². The summed E-state index contributed by atoms with van der Waals surface area (Å²) in [6.45, 7) is 4.93. The highest BCUT2D eigenvalue weighted by Crippen LogP contribution is 2.29. The van der Waals surface area contributed by atoms with Crippen molar-refractivity contribution in [3.05, 3.63) is 58.1 Å². The number of hydrogen-bond acceptors (Lipinski definition) is 3. The van der Waals surface area contributed by atoms with Crippen LogP contribution in [0.2, 0.25) is 10.0 Å². The molecular formula is C21H23Cl2NO3. The molecule has 0 aliphatic heterocycles. The first-order valence-electron chi connectivity index (χ1n) is 8.64. The Hall–Kier alpha value is -2.17. The Balaban J connectivity index is 2.00. The van der Waals surface area contributed by atoms with Crippen molar-refractivity contribution in [1.29, 1.82) is 0 Å². The first kappa shape index (κ1) is 21.1. The second-order valence-electron chi connectivity index (χ2n) is 6.39. The number of nitrogens with one attached hydrogen (secondary N) is 1. The zero-order chi connectivity index (χ0) is 19.8. The maximum atomic E-state index is 12.1. The number of hydrogen-bond donors (Lipinski definition) is 1. The molecule has 0 saturated carbocycles. The van der Waals surface area contributed by atoms with Gasteiger partial charge >= 0.3 is 0 Å². The van der Waals surface area contributed by atoms with E-state index in [4.69, 9.17) is 32.7 Å². The molecule has 2 aromatic rings. The molecule has 0 heterocycles. The molecule has 1 N–H and O–H groups in total. The van der Waals surface area contributed by atoms with Crippen LogP contribution in [0.3, 0.4) is 0 Å². The summed E-state index contributed by atoms with van der Waals surface area (Å²) in [5, 5.41) is 3.56. The van der Waals surface area contributed by atoms with Crippen molar-refractivity contribution in [2.75, 3.05) is 19.0 Å². The Morgan fingerprint density at radius 1 is 1.11 bits per heavy atom. The smallest absolute Gasteiger partial charge is 0.248 e. The highest BCUT2D eigenvalue weighted by atomic mass is 35.5. The number of halogens is 2. The number of carbonyl (C=O) groups is 1. The topological polar surface area (TPSA) is 47.6 Å². The molecule has 0 bridgehead atoms. The lowest BCUT2D eigenvalue weighted by Crippen LogP contribution is -2.07. The number of amides is 1. The summed E-state index contributed by atoms with van der Waals surface area (Å²) in [7, 11) is 1.59. The molecule has 6 heteroatoms. The summed E-state index contributed by atoms with van der Waals surface area (Å²) >= 11 is 11.8. The van der Waals surface area contributed by atoms with E-state index in [0.717, 1.165) is 12.0 Å². The largest absolute Gasteiger partial charge is 0.493 e. The number of rotatable bonds is 8. The van der Waals surface area contributed by atoms with E-state index in [9.17, 15) is 4.79 Å². The van der Waals surface area contributed by atoms with Crippen molar-refractivity contribution < 1.29 is 14.3 Å². The van der Waals surface area contributed by atoms with Crippen LogP contribution < -0.4 is 14.8 Å². The van der Waals surface area contributed by atoms with E-state index in [1.165, 1.54) is 6.08 Å². The van der Waals surface area contributed by atoms with Crippen molar-refractivity contribution in [3.8, 4) is 11.5 Å². The highest BCUT2D eigenvalue weighted by molar-refractivity contribution is 6.42. The first-order valence-corrected chi connectivity index (χ1v) is 9.39. The van der Waals surface area contributed by atoms with E-state index in [-0.39, 0.29) is 5.91 Å². The molecule has 27 heavy (non-hydrogen) atoms. The number of anilines is 1. The number of ether oxygens (including phenoxy) is 2. The molecule has 4 nitrogen and oxygen atoms in total. The summed E-state index contributed by atoms with van der Waals surface area (Å²) in [6.07, 6.45) is 4.11. The van der Waals surface area contributed by atoms with Crippen LogP contribution in [0.15, 0.2) is 42.5 Å². The van der Waals surface area contributed by atoms with E-state index < -0.39 is 0 Å². The fourth-order valence-electron chi connectivity index (χ4n) is 2.24. The van der Waals surface area contributed by atoms with Crippen LogP contribution in [0.4, 0.5) is 5.69 Å². The van der Waals surface area contributed by atoms with Crippen LogP contribution in [0.1, 0.15) is 25.8 Å². The third kappa shape index (κ3) is 6.81. The van der Waals surface area contributed by atoms with E-state index in [2.05, 4.69) is 19.2 Å². The molecule has 0 unspecified atom stereocenters. The zero-order valence-corrected chi connectivity index (χ0v) is 17.1. The predicted octanol–water partition coefficient (Wildman–Crippen LogP) is 6.08. The fraction of sp³-hybridized carbons (Fsp3) is 0.286. The molecule has 0 fully saturated rings. The molecule has 1 amide bonds. The molecule has 2 aromatic carbocycles. The standard InChI is InChI=1S/C21H23Cl2NO3/c1-14(2)10-11-27-19-8-4-15(12-20(19)26-3)5-9-21(25)24-16-6-7-17(22)18(23)13-16/h4-9,12-14H,10-11H2,1-3H3,(H,24,25)/b9-5+. The van der Waals surface area contributed by atoms with E-state index >= 15 is 0 Å². The Morgan fingerprint density at radius 2 is 1.89 bits per heavy atom. The summed E-state index contributed by atoms with van der Waals surface area (Å²) < 4.78 is 11.2. The Labute approximate surface area is 170 Å². The lowest BCUT2D eigenvalue weighted by molar-refractivity contribution is -0.111. The quantitative estimate of drug-likeness (QED) is 0.539. The van der Waals surface area contributed by atoms with Gasteiger partial charge in [-0.2, -0.15) is 0 Å². The van der Waals surface area contributed by atoms with Gasteiger partial charge in [-0.15, -0.1) is 0 Å². The SMILES string of the molecule is COc1cc(/C=C/C(=O)Nc2ccc(Cl)c(Cl)c2)ccc1OCCC(C)C. The summed E-state index contributed by atoms with van der Waals surface area (Å²) in [5.41, 5.74) is 1.40. The Bertz CT molecular complexity index is 819. The van der Waals surface area contributed by atoms with Gasteiger partial charge in [0.15, 0.2) is 11.5 Å². The van der Waals surface area contributed by atoms with Crippen molar-refractivity contribution >= 4 is 40.9 Å². The minimum atomic E-state index is -0.274. The molecule has 0 radical (unpaired) electrons. The van der Waals surface area contributed by atoms with Gasteiger partial charge in [-0.3, -0.25) is 4.79 Å². The van der Waals surface area contributed by atoms with Crippen LogP contribution in [-0.2, 0) is 4.79 Å². The molecule has 0 saturated heterocycles. The van der Waals surface area contributed by atoms with Crippen LogP contribution in [-0.4, -0.2) is 19.6 Å². The summed E-state index contributed by atoms with van der Waals surface area (Å²) in [6, 6.07) is 10.5. The molecule has 0 atom stereocenters. The molecular weight excluding hydrogens is 385 g/mol. The van der Waals surface area contributed by atoms with Gasteiger partial charge in [-0.1, -0.05) is 43.1 Å². The molecule has 0 aliphatic carbocycles. The van der Waals surface area contributed by atoms with Crippen molar-refractivity contribution in [1.82, 2.24) is 0 Å². The van der Waals surface area contributed by atoms with Gasteiger partial charge in [0.25, 0.3) is 0 Å². The molecule has 0 aromatic heterocycles. The van der Waals surface area contributed by atoms with E-state index in [0.29, 0.717) is 39.8 Å². The predicted molar refractivity (Wildman–Crippen MR) is 112 cm³/mol. The third-order valence-corrected chi connectivity index (χ3v) is 4.49. The first-order chi connectivity index (χ1) is 12.9. The van der Waals surface area contributed by atoms with Crippen molar-refractivity contribution in [2.24, 2.45) is 5.92 Å². The molecule has 2 rings (SSSR count). The zero-order valence-electron chi connectivity index (χ0n) is 15.6. The van der Waals surface area contributed by atoms with Gasteiger partial charge in [0.2, 0.25) is 5.91 Å². The van der Waals surface area contributed by atoms with Gasteiger partial charge in [-0.25, -0.2) is 0 Å². The number of methoxy groups -OCH3 is 1. The fourth-order valence-corrected chi connectivity index (χ4v) is 2.54. The Morgan fingerprint density at radius 3 is 2.56 bits per heavy atom. The van der Waals surface area contributed by atoms with E-state index in [1.807, 2.05) is 18.2 Å². The summed E-state index contributed by atoms with van der Waals surface area (Å²) in [4.78, 5) is 12.1. The molecule has 144 valence electrons. The highest BCUT2D eigenvalue weighted by Gasteiger charge is 2.06. The van der Waals surface area contributed by atoms with Gasteiger partial charge in [0.1, 0.15) is 0 Å². The monoisotopic (exact) mass is 407 g/mol. The Kier molecular flexibility index (Phi) is 8.01. The van der Waals surface area contributed by atoms with Gasteiger partial charge in [0.05, 0.1) is 23.8 Å².